The van der Waals surface area contributed by atoms with Crippen LogP contribution in [0.2, 0.25) is 0 Å². The Balaban J connectivity index is 1.64. The maximum absolute atomic E-state index is 15.9. The molecule has 3 aromatic rings. The van der Waals surface area contributed by atoms with Crippen LogP contribution in [0.5, 0.6) is 5.75 Å². The number of aromatic nitrogens is 2. The van der Waals surface area contributed by atoms with Crippen LogP contribution in [0.1, 0.15) is 25.7 Å². The largest absolute Gasteiger partial charge is 0.507 e. The summed E-state index contributed by atoms with van der Waals surface area (Å²) in [6, 6.07) is 4.64. The Bertz CT molecular complexity index is 1790. The first-order chi connectivity index (χ1) is 20.4. The van der Waals surface area contributed by atoms with E-state index in [1.165, 1.54) is 22.8 Å². The van der Waals surface area contributed by atoms with Gasteiger partial charge in [0.25, 0.3) is 5.56 Å². The number of anilines is 1. The third kappa shape index (κ3) is 4.88. The average molecular weight is 614 g/mol. The summed E-state index contributed by atoms with van der Waals surface area (Å²) in [5, 5.41) is 10.6. The Kier molecular flexibility index (Phi) is 7.28. The Morgan fingerprint density at radius 1 is 1.09 bits per heavy atom. The summed E-state index contributed by atoms with van der Waals surface area (Å²) in [5.41, 5.74) is -2.10. The van der Waals surface area contributed by atoms with Crippen LogP contribution in [0, 0.1) is 11.6 Å². The minimum atomic E-state index is -4.14. The molecular formula is C30H33F2N5O5S. The number of hydrogen-bond donors (Lipinski definition) is 1. The SMILES string of the molecule is C=CC(=O)N1CCN(c2c(S(C)(=O)=O)c(=O)n(CC34CCCN3CCC4)c3nc(-c4c(O)cccc4F)c(F)cc23)CC1. The zero-order valence-corrected chi connectivity index (χ0v) is 24.7. The molecule has 0 spiro atoms. The second-order valence-corrected chi connectivity index (χ2v) is 13.6. The van der Waals surface area contributed by atoms with Crippen molar-refractivity contribution in [3.05, 3.63) is 58.9 Å². The lowest BCUT2D eigenvalue weighted by Crippen LogP contribution is -2.49. The quantitative estimate of drug-likeness (QED) is 0.422. The number of piperazine rings is 1. The molecule has 3 saturated heterocycles. The lowest BCUT2D eigenvalue weighted by Gasteiger charge is -2.37. The number of sulfone groups is 1. The van der Waals surface area contributed by atoms with Gasteiger partial charge in [-0.2, -0.15) is 0 Å². The number of rotatable bonds is 6. The third-order valence-corrected chi connectivity index (χ3v) is 10.2. The molecule has 0 unspecified atom stereocenters. The van der Waals surface area contributed by atoms with Crippen LogP contribution in [0.25, 0.3) is 22.3 Å². The van der Waals surface area contributed by atoms with Crippen LogP contribution in [-0.4, -0.2) is 89.8 Å². The molecular weight excluding hydrogens is 580 g/mol. The number of phenols is 1. The van der Waals surface area contributed by atoms with Crippen molar-refractivity contribution < 1.29 is 27.1 Å². The molecule has 3 fully saturated rings. The van der Waals surface area contributed by atoms with E-state index in [1.54, 1.807) is 9.80 Å². The summed E-state index contributed by atoms with van der Waals surface area (Å²) in [4.78, 5) is 36.1. The van der Waals surface area contributed by atoms with Gasteiger partial charge in [-0.15, -0.1) is 0 Å². The first-order valence-electron chi connectivity index (χ1n) is 14.3. The highest BCUT2D eigenvalue weighted by molar-refractivity contribution is 7.90. The zero-order valence-electron chi connectivity index (χ0n) is 23.9. The van der Waals surface area contributed by atoms with Crippen molar-refractivity contribution in [2.75, 3.05) is 50.4 Å². The minimum absolute atomic E-state index is 0.00387. The fraction of sp³-hybridized carbons (Fsp3) is 0.433. The number of aromatic hydroxyl groups is 1. The van der Waals surface area contributed by atoms with E-state index in [4.69, 9.17) is 0 Å². The van der Waals surface area contributed by atoms with Crippen LogP contribution in [0.3, 0.4) is 0 Å². The highest BCUT2D eigenvalue weighted by atomic mass is 32.2. The van der Waals surface area contributed by atoms with Gasteiger partial charge in [0.15, 0.2) is 20.5 Å². The molecule has 1 aromatic carbocycles. The predicted molar refractivity (Wildman–Crippen MR) is 158 cm³/mol. The molecule has 0 atom stereocenters. The maximum Gasteiger partial charge on any atom is 0.273 e. The van der Waals surface area contributed by atoms with Crippen molar-refractivity contribution in [3.8, 4) is 17.0 Å². The number of phenolic OH excluding ortho intramolecular Hbond substituents is 1. The maximum atomic E-state index is 15.9. The van der Waals surface area contributed by atoms with E-state index < -0.39 is 48.9 Å². The van der Waals surface area contributed by atoms with Crippen LogP contribution >= 0.6 is 0 Å². The van der Waals surface area contributed by atoms with Gasteiger partial charge in [0.1, 0.15) is 22.9 Å². The van der Waals surface area contributed by atoms with Crippen LogP contribution < -0.4 is 10.5 Å². The van der Waals surface area contributed by atoms with Gasteiger partial charge in [-0.1, -0.05) is 12.6 Å². The molecule has 0 aliphatic carbocycles. The Labute approximate surface area is 247 Å². The highest BCUT2D eigenvalue weighted by Gasteiger charge is 2.45. The number of carbonyl (C=O) groups is 1. The van der Waals surface area contributed by atoms with E-state index >= 15 is 4.39 Å². The van der Waals surface area contributed by atoms with Gasteiger partial charge < -0.3 is 14.9 Å². The van der Waals surface area contributed by atoms with E-state index in [0.717, 1.165) is 57.2 Å². The van der Waals surface area contributed by atoms with Crippen molar-refractivity contribution in [1.29, 1.82) is 0 Å². The van der Waals surface area contributed by atoms with Crippen molar-refractivity contribution in [1.82, 2.24) is 19.4 Å². The number of amides is 1. The summed E-state index contributed by atoms with van der Waals surface area (Å²) in [6.45, 7) is 6.17. The van der Waals surface area contributed by atoms with E-state index in [9.17, 15) is 27.5 Å². The number of halogens is 2. The van der Waals surface area contributed by atoms with Crippen LogP contribution in [0.15, 0.2) is 46.6 Å². The van der Waals surface area contributed by atoms with Gasteiger partial charge in [-0.3, -0.25) is 19.1 Å². The van der Waals surface area contributed by atoms with E-state index in [-0.39, 0.29) is 60.9 Å². The Hall–Kier alpha value is -3.84. The van der Waals surface area contributed by atoms with Gasteiger partial charge in [0, 0.05) is 49.9 Å². The molecule has 1 amide bonds. The van der Waals surface area contributed by atoms with Gasteiger partial charge in [-0.25, -0.2) is 22.2 Å². The topological polar surface area (TPSA) is 116 Å². The van der Waals surface area contributed by atoms with E-state index in [2.05, 4.69) is 16.5 Å². The van der Waals surface area contributed by atoms with Crippen molar-refractivity contribution in [3.63, 3.8) is 0 Å². The van der Waals surface area contributed by atoms with Gasteiger partial charge in [0.05, 0.1) is 11.3 Å². The first-order valence-corrected chi connectivity index (χ1v) is 16.2. The fourth-order valence-electron chi connectivity index (χ4n) is 7.08. The van der Waals surface area contributed by atoms with Gasteiger partial charge in [-0.05, 0) is 63.0 Å². The molecule has 3 aliphatic heterocycles. The predicted octanol–water partition coefficient (Wildman–Crippen LogP) is 2.91. The van der Waals surface area contributed by atoms with Crippen LogP contribution in [-0.2, 0) is 21.2 Å². The lowest BCUT2D eigenvalue weighted by molar-refractivity contribution is -0.126. The molecule has 0 saturated carbocycles. The number of pyridine rings is 2. The molecule has 10 nitrogen and oxygen atoms in total. The van der Waals surface area contributed by atoms with E-state index in [1.807, 2.05) is 0 Å². The monoisotopic (exact) mass is 613 g/mol. The van der Waals surface area contributed by atoms with Crippen molar-refractivity contribution >= 4 is 32.5 Å². The Morgan fingerprint density at radius 2 is 1.77 bits per heavy atom. The second-order valence-electron chi connectivity index (χ2n) is 11.6. The van der Waals surface area contributed by atoms with Gasteiger partial charge >= 0.3 is 0 Å². The summed E-state index contributed by atoms with van der Waals surface area (Å²) in [5.74, 6) is -2.68. The fourth-order valence-corrected chi connectivity index (χ4v) is 8.09. The molecule has 1 N–H and O–H groups in total. The second kappa shape index (κ2) is 10.7. The molecule has 0 bridgehead atoms. The molecule has 6 rings (SSSR count). The smallest absolute Gasteiger partial charge is 0.273 e. The normalized spacial score (nSPS) is 18.8. The zero-order chi connectivity index (χ0) is 30.7. The van der Waals surface area contributed by atoms with Gasteiger partial charge in [0.2, 0.25) is 5.91 Å². The molecule has 43 heavy (non-hydrogen) atoms. The molecule has 13 heteroatoms. The van der Waals surface area contributed by atoms with Crippen molar-refractivity contribution in [2.45, 2.75) is 42.7 Å². The lowest BCUT2D eigenvalue weighted by atomic mass is 9.93. The van der Waals surface area contributed by atoms with Crippen LogP contribution in [0.4, 0.5) is 14.5 Å². The summed E-state index contributed by atoms with van der Waals surface area (Å²) in [7, 11) is -4.14. The number of fused-ring (bicyclic) bond motifs is 2. The highest BCUT2D eigenvalue weighted by Crippen LogP contribution is 2.42. The molecule has 0 radical (unpaired) electrons. The summed E-state index contributed by atoms with van der Waals surface area (Å²) in [6.07, 6.45) is 5.60. The molecule has 2 aromatic heterocycles. The number of benzene rings is 1. The van der Waals surface area contributed by atoms with E-state index in [0.29, 0.717) is 0 Å². The molecule has 228 valence electrons. The number of nitrogens with zero attached hydrogens (tertiary/aromatic N) is 5. The van der Waals surface area contributed by atoms with Crippen molar-refractivity contribution in [2.24, 2.45) is 0 Å². The number of carbonyl (C=O) groups excluding carboxylic acids is 1. The third-order valence-electron chi connectivity index (χ3n) is 9.07. The summed E-state index contributed by atoms with van der Waals surface area (Å²) >= 11 is 0. The summed E-state index contributed by atoms with van der Waals surface area (Å²) < 4.78 is 58.9. The Morgan fingerprint density at radius 3 is 2.37 bits per heavy atom. The molecule has 5 heterocycles. The first kappa shape index (κ1) is 29.2. The number of hydrogen-bond acceptors (Lipinski definition) is 8. The minimum Gasteiger partial charge on any atom is -0.507 e. The standard InChI is InChI=1S/C30H33F2N5O5S/c1-3-23(39)34-13-15-35(16-14-34)26-19-17-21(32)25(24-20(31)7-4-8-22(24)38)33-28(19)37(29(40)27(26)43(2,41)42)18-30-9-5-11-36(30)12-6-10-30/h3-4,7-8,17,38H,1,5-6,9-16,18H2,2H3. The molecule has 3 aliphatic rings. The average Bonchev–Trinajstić information content (AvgIpc) is 3.54.